The quantitative estimate of drug-likeness (QED) is 0.842. The molecule has 6 heteroatoms. The summed E-state index contributed by atoms with van der Waals surface area (Å²) in [6, 6.07) is 0.665. The predicted molar refractivity (Wildman–Crippen MR) is 97.8 cm³/mol. The minimum atomic E-state index is 0.0880. The fourth-order valence-corrected chi connectivity index (χ4v) is 4.41. The van der Waals surface area contributed by atoms with Gasteiger partial charge in [-0.3, -0.25) is 4.79 Å². The zero-order chi connectivity index (χ0) is 17.1. The summed E-state index contributed by atoms with van der Waals surface area (Å²) in [5, 5.41) is 0. The third-order valence-electron chi connectivity index (χ3n) is 5.93. The van der Waals surface area contributed by atoms with Crippen LogP contribution in [0.1, 0.15) is 55.3 Å². The molecule has 0 aliphatic carbocycles. The SMILES string of the molecule is O=C(c1cnc(N2CCCC2)nc1)N1CCC(N2CCCCC2)CC1. The number of nitrogens with zero attached hydrogens (tertiary/aromatic N) is 5. The van der Waals surface area contributed by atoms with Crippen LogP contribution in [0.15, 0.2) is 12.4 Å². The zero-order valence-corrected chi connectivity index (χ0v) is 15.1. The standard InChI is InChI=1S/C19H29N5O/c25-18(16-14-20-19(21-15-16)24-10-4-5-11-24)23-12-6-17(7-13-23)22-8-2-1-3-9-22/h14-15,17H,1-13H2. The highest BCUT2D eigenvalue weighted by molar-refractivity contribution is 5.93. The van der Waals surface area contributed by atoms with E-state index in [0.29, 0.717) is 11.6 Å². The molecule has 0 atom stereocenters. The van der Waals surface area contributed by atoms with Crippen molar-refractivity contribution in [1.29, 1.82) is 0 Å². The Morgan fingerprint density at radius 3 is 2.08 bits per heavy atom. The molecule has 0 spiro atoms. The lowest BCUT2D eigenvalue weighted by atomic mass is 9.99. The van der Waals surface area contributed by atoms with E-state index in [4.69, 9.17) is 0 Å². The molecule has 3 aliphatic rings. The van der Waals surface area contributed by atoms with E-state index in [9.17, 15) is 4.79 Å². The van der Waals surface area contributed by atoms with Crippen molar-refractivity contribution in [2.24, 2.45) is 0 Å². The van der Waals surface area contributed by atoms with Gasteiger partial charge in [0.2, 0.25) is 5.95 Å². The minimum absolute atomic E-state index is 0.0880. The van der Waals surface area contributed by atoms with Crippen molar-refractivity contribution in [3.8, 4) is 0 Å². The van der Waals surface area contributed by atoms with Crippen LogP contribution in [-0.4, -0.2) is 71.0 Å². The van der Waals surface area contributed by atoms with Gasteiger partial charge in [0.15, 0.2) is 0 Å². The van der Waals surface area contributed by atoms with E-state index in [1.807, 2.05) is 4.90 Å². The van der Waals surface area contributed by atoms with Crippen molar-refractivity contribution >= 4 is 11.9 Å². The number of carbonyl (C=O) groups is 1. The number of anilines is 1. The van der Waals surface area contributed by atoms with Gasteiger partial charge in [0.05, 0.1) is 5.56 Å². The molecule has 0 radical (unpaired) electrons. The van der Waals surface area contributed by atoms with Gasteiger partial charge in [-0.2, -0.15) is 0 Å². The molecule has 3 saturated heterocycles. The van der Waals surface area contributed by atoms with Crippen LogP contribution in [0.25, 0.3) is 0 Å². The maximum Gasteiger partial charge on any atom is 0.256 e. The van der Waals surface area contributed by atoms with Crippen LogP contribution < -0.4 is 4.90 Å². The fourth-order valence-electron chi connectivity index (χ4n) is 4.41. The summed E-state index contributed by atoms with van der Waals surface area (Å²) >= 11 is 0. The van der Waals surface area contributed by atoms with Crippen LogP contribution >= 0.6 is 0 Å². The second-order valence-electron chi connectivity index (χ2n) is 7.59. The highest BCUT2D eigenvalue weighted by Crippen LogP contribution is 2.22. The lowest BCUT2D eigenvalue weighted by Crippen LogP contribution is -2.48. The van der Waals surface area contributed by atoms with Gasteiger partial charge in [-0.05, 0) is 51.6 Å². The van der Waals surface area contributed by atoms with E-state index >= 15 is 0 Å². The van der Waals surface area contributed by atoms with Gasteiger partial charge < -0.3 is 14.7 Å². The van der Waals surface area contributed by atoms with Crippen molar-refractivity contribution in [3.05, 3.63) is 18.0 Å². The average molecular weight is 343 g/mol. The summed E-state index contributed by atoms with van der Waals surface area (Å²) in [5.74, 6) is 0.850. The van der Waals surface area contributed by atoms with E-state index in [2.05, 4.69) is 19.8 Å². The van der Waals surface area contributed by atoms with E-state index in [1.54, 1.807) is 12.4 Å². The van der Waals surface area contributed by atoms with Crippen molar-refractivity contribution < 1.29 is 4.79 Å². The molecule has 4 rings (SSSR count). The molecular weight excluding hydrogens is 314 g/mol. The number of piperidine rings is 2. The molecule has 136 valence electrons. The number of hydrogen-bond donors (Lipinski definition) is 0. The highest BCUT2D eigenvalue weighted by atomic mass is 16.2. The Labute approximate surface area is 150 Å². The minimum Gasteiger partial charge on any atom is -0.341 e. The third-order valence-corrected chi connectivity index (χ3v) is 5.93. The molecule has 3 aliphatic heterocycles. The summed E-state index contributed by atoms with van der Waals surface area (Å²) in [6.07, 6.45) is 12.1. The Hall–Kier alpha value is -1.69. The van der Waals surface area contributed by atoms with Crippen LogP contribution in [0, 0.1) is 0 Å². The molecule has 1 aromatic rings. The van der Waals surface area contributed by atoms with Gasteiger partial charge in [-0.1, -0.05) is 6.42 Å². The van der Waals surface area contributed by atoms with E-state index in [-0.39, 0.29) is 5.91 Å². The van der Waals surface area contributed by atoms with Crippen LogP contribution in [0.2, 0.25) is 0 Å². The van der Waals surface area contributed by atoms with Gasteiger partial charge in [0.1, 0.15) is 0 Å². The van der Waals surface area contributed by atoms with Crippen LogP contribution in [0.3, 0.4) is 0 Å². The van der Waals surface area contributed by atoms with Gasteiger partial charge >= 0.3 is 0 Å². The highest BCUT2D eigenvalue weighted by Gasteiger charge is 2.28. The maximum absolute atomic E-state index is 12.7. The number of rotatable bonds is 3. The van der Waals surface area contributed by atoms with Crippen molar-refractivity contribution in [2.75, 3.05) is 44.2 Å². The average Bonchev–Trinajstić information content (AvgIpc) is 3.23. The zero-order valence-electron chi connectivity index (χ0n) is 15.1. The second-order valence-corrected chi connectivity index (χ2v) is 7.59. The Morgan fingerprint density at radius 1 is 0.840 bits per heavy atom. The Kier molecular flexibility index (Phi) is 5.15. The Bertz CT molecular complexity index is 570. The fraction of sp³-hybridized carbons (Fsp3) is 0.737. The van der Waals surface area contributed by atoms with E-state index in [0.717, 1.165) is 45.0 Å². The number of likely N-dealkylation sites (tertiary alicyclic amines) is 2. The maximum atomic E-state index is 12.7. The molecule has 0 bridgehead atoms. The molecule has 1 amide bonds. The van der Waals surface area contributed by atoms with Gasteiger partial charge in [-0.25, -0.2) is 9.97 Å². The second kappa shape index (κ2) is 7.68. The number of carbonyl (C=O) groups excluding carboxylic acids is 1. The molecule has 3 fully saturated rings. The number of hydrogen-bond acceptors (Lipinski definition) is 5. The molecule has 1 aromatic heterocycles. The van der Waals surface area contributed by atoms with E-state index in [1.165, 1.54) is 45.2 Å². The predicted octanol–water partition coefficient (Wildman–Crippen LogP) is 2.17. The van der Waals surface area contributed by atoms with Gasteiger partial charge in [0, 0.05) is 44.6 Å². The van der Waals surface area contributed by atoms with Crippen molar-refractivity contribution in [3.63, 3.8) is 0 Å². The lowest BCUT2D eigenvalue weighted by molar-refractivity contribution is 0.0589. The molecular formula is C19H29N5O. The van der Waals surface area contributed by atoms with Crippen LogP contribution in [0.4, 0.5) is 5.95 Å². The summed E-state index contributed by atoms with van der Waals surface area (Å²) in [5.41, 5.74) is 0.624. The molecule has 6 nitrogen and oxygen atoms in total. The summed E-state index contributed by atoms with van der Waals surface area (Å²) in [6.45, 7) is 6.24. The Balaban J connectivity index is 1.32. The largest absolute Gasteiger partial charge is 0.341 e. The first-order chi connectivity index (χ1) is 12.3. The molecule has 0 saturated carbocycles. The van der Waals surface area contributed by atoms with Gasteiger partial charge in [0.25, 0.3) is 5.91 Å². The Morgan fingerprint density at radius 2 is 1.44 bits per heavy atom. The first-order valence-electron chi connectivity index (χ1n) is 9.91. The summed E-state index contributed by atoms with van der Waals surface area (Å²) in [7, 11) is 0. The molecule has 0 N–H and O–H groups in total. The van der Waals surface area contributed by atoms with Crippen LogP contribution in [0.5, 0.6) is 0 Å². The number of aromatic nitrogens is 2. The monoisotopic (exact) mass is 343 g/mol. The summed E-state index contributed by atoms with van der Waals surface area (Å²) in [4.78, 5) is 28.4. The molecule has 25 heavy (non-hydrogen) atoms. The molecule has 4 heterocycles. The topological polar surface area (TPSA) is 52.6 Å². The smallest absolute Gasteiger partial charge is 0.256 e. The molecule has 0 unspecified atom stereocenters. The third kappa shape index (κ3) is 3.78. The first kappa shape index (κ1) is 16.8. The normalized spacial score (nSPS) is 23.2. The van der Waals surface area contributed by atoms with E-state index < -0.39 is 0 Å². The van der Waals surface area contributed by atoms with Crippen molar-refractivity contribution in [1.82, 2.24) is 19.8 Å². The van der Waals surface area contributed by atoms with Crippen molar-refractivity contribution in [2.45, 2.75) is 51.0 Å². The first-order valence-corrected chi connectivity index (χ1v) is 9.91. The number of amides is 1. The summed E-state index contributed by atoms with van der Waals surface area (Å²) < 4.78 is 0. The van der Waals surface area contributed by atoms with Crippen LogP contribution in [-0.2, 0) is 0 Å². The van der Waals surface area contributed by atoms with Gasteiger partial charge in [-0.15, -0.1) is 0 Å². The lowest BCUT2D eigenvalue weighted by Gasteiger charge is -2.40. The molecule has 0 aromatic carbocycles.